The van der Waals surface area contributed by atoms with E-state index in [2.05, 4.69) is 0 Å². The van der Waals surface area contributed by atoms with Crippen LogP contribution in [0.25, 0.3) is 0 Å². The smallest absolute Gasteiger partial charge is 0.488 e. The highest BCUT2D eigenvalue weighted by atomic mass is 32.2. The molecule has 0 saturated carbocycles. The van der Waals surface area contributed by atoms with E-state index in [1.54, 1.807) is 42.3 Å². The quantitative estimate of drug-likeness (QED) is 0.647. The van der Waals surface area contributed by atoms with Gasteiger partial charge < -0.3 is 14.8 Å². The molecule has 0 bridgehead atoms. The third-order valence-electron chi connectivity index (χ3n) is 2.49. The van der Waals surface area contributed by atoms with Crippen LogP contribution >= 0.6 is 23.1 Å². The fraction of sp³-hybridized carbons (Fsp3) is 0.167. The predicted octanol–water partition coefficient (Wildman–Crippen LogP) is 1.73. The Hall–Kier alpha value is -0.945. The Balaban J connectivity index is 2.18. The van der Waals surface area contributed by atoms with Gasteiger partial charge in [0.15, 0.2) is 0 Å². The second-order valence-electron chi connectivity index (χ2n) is 3.66. The molecule has 0 aliphatic rings. The first-order valence-electron chi connectivity index (χ1n) is 5.40. The average molecular weight is 280 g/mol. The van der Waals surface area contributed by atoms with Crippen molar-refractivity contribution in [2.45, 2.75) is 9.96 Å². The van der Waals surface area contributed by atoms with Crippen molar-refractivity contribution in [2.75, 3.05) is 7.11 Å². The molecule has 3 nitrogen and oxygen atoms in total. The van der Waals surface area contributed by atoms with Crippen LogP contribution in [0.4, 0.5) is 0 Å². The molecular formula is C12H13BO3S2. The van der Waals surface area contributed by atoms with Gasteiger partial charge >= 0.3 is 7.12 Å². The van der Waals surface area contributed by atoms with E-state index in [4.69, 9.17) is 4.74 Å². The second-order valence-corrected chi connectivity index (χ2v) is 5.88. The molecule has 0 atom stereocenters. The lowest BCUT2D eigenvalue weighted by Gasteiger charge is -2.10. The van der Waals surface area contributed by atoms with Crippen LogP contribution in [0.3, 0.4) is 0 Å². The molecule has 2 aromatic rings. The zero-order chi connectivity index (χ0) is 13.0. The van der Waals surface area contributed by atoms with Crippen molar-refractivity contribution < 1.29 is 14.8 Å². The molecular weight excluding hydrogens is 267 g/mol. The van der Waals surface area contributed by atoms with Gasteiger partial charge in [0.05, 0.1) is 11.3 Å². The summed E-state index contributed by atoms with van der Waals surface area (Å²) in [6.45, 7) is 0. The maximum atomic E-state index is 9.33. The summed E-state index contributed by atoms with van der Waals surface area (Å²) in [5.74, 6) is 1.41. The first-order chi connectivity index (χ1) is 8.70. The van der Waals surface area contributed by atoms with E-state index in [1.807, 2.05) is 23.6 Å². The monoisotopic (exact) mass is 280 g/mol. The van der Waals surface area contributed by atoms with E-state index in [-0.39, 0.29) is 0 Å². The van der Waals surface area contributed by atoms with Crippen LogP contribution in [0.15, 0.2) is 39.9 Å². The normalized spacial score (nSPS) is 10.4. The van der Waals surface area contributed by atoms with E-state index in [9.17, 15) is 10.0 Å². The van der Waals surface area contributed by atoms with Gasteiger partial charge in [-0.25, -0.2) is 0 Å². The standard InChI is InChI=1S/C12H13BO3S2/c1-16-10-4-5-11(13(14)15)9(7-10)8-18-12-3-2-6-17-12/h2-7,14-15H,8H2,1H3. The summed E-state index contributed by atoms with van der Waals surface area (Å²) in [5.41, 5.74) is 1.41. The largest absolute Gasteiger partial charge is 0.497 e. The number of ether oxygens (including phenoxy) is 1. The highest BCUT2D eigenvalue weighted by Crippen LogP contribution is 2.27. The number of thiophene rings is 1. The number of thioether (sulfide) groups is 1. The summed E-state index contributed by atoms with van der Waals surface area (Å²) in [6.07, 6.45) is 0. The summed E-state index contributed by atoms with van der Waals surface area (Å²) in [5, 5.41) is 20.7. The van der Waals surface area contributed by atoms with Crippen molar-refractivity contribution in [1.82, 2.24) is 0 Å². The molecule has 0 amide bonds. The molecule has 0 saturated heterocycles. The Morgan fingerprint density at radius 1 is 1.33 bits per heavy atom. The van der Waals surface area contributed by atoms with Gasteiger partial charge in [0.25, 0.3) is 0 Å². The predicted molar refractivity (Wildman–Crippen MR) is 76.7 cm³/mol. The van der Waals surface area contributed by atoms with Crippen LogP contribution in [-0.2, 0) is 5.75 Å². The first-order valence-corrected chi connectivity index (χ1v) is 7.26. The summed E-state index contributed by atoms with van der Waals surface area (Å²) in [7, 11) is 0.149. The minimum absolute atomic E-state index is 0.528. The van der Waals surface area contributed by atoms with Crippen molar-refractivity contribution in [1.29, 1.82) is 0 Å². The van der Waals surface area contributed by atoms with Crippen LogP contribution in [-0.4, -0.2) is 24.3 Å². The molecule has 0 unspecified atom stereocenters. The number of benzene rings is 1. The highest BCUT2D eigenvalue weighted by molar-refractivity contribution is 8.00. The van der Waals surface area contributed by atoms with Crippen molar-refractivity contribution in [3.63, 3.8) is 0 Å². The van der Waals surface area contributed by atoms with Gasteiger partial charge in [0, 0.05) is 5.75 Å². The van der Waals surface area contributed by atoms with Crippen molar-refractivity contribution >= 4 is 35.7 Å². The van der Waals surface area contributed by atoms with E-state index in [1.165, 1.54) is 4.21 Å². The lowest BCUT2D eigenvalue weighted by atomic mass is 9.77. The summed E-state index contributed by atoms with van der Waals surface area (Å²) in [6, 6.07) is 9.31. The Bertz CT molecular complexity index is 500. The molecule has 94 valence electrons. The van der Waals surface area contributed by atoms with Crippen LogP contribution in [0, 0.1) is 0 Å². The SMILES string of the molecule is COc1ccc(B(O)O)c(CSc2cccs2)c1. The maximum absolute atomic E-state index is 9.33. The van der Waals surface area contributed by atoms with Crippen LogP contribution in [0.5, 0.6) is 5.75 Å². The number of hydrogen-bond acceptors (Lipinski definition) is 5. The molecule has 6 heteroatoms. The summed E-state index contributed by atoms with van der Waals surface area (Å²) >= 11 is 3.34. The first kappa shape index (κ1) is 13.5. The van der Waals surface area contributed by atoms with Crippen LogP contribution in [0.2, 0.25) is 0 Å². The Morgan fingerprint density at radius 3 is 2.78 bits per heavy atom. The third kappa shape index (κ3) is 3.29. The van der Waals surface area contributed by atoms with Gasteiger partial charge in [-0.15, -0.1) is 23.1 Å². The molecule has 0 spiro atoms. The number of methoxy groups -OCH3 is 1. The third-order valence-corrected chi connectivity index (χ3v) is 4.67. The molecule has 0 aliphatic carbocycles. The van der Waals surface area contributed by atoms with Crippen LogP contribution < -0.4 is 10.2 Å². The summed E-state index contributed by atoms with van der Waals surface area (Å²) < 4.78 is 6.36. The lowest BCUT2D eigenvalue weighted by molar-refractivity contribution is 0.413. The second kappa shape index (κ2) is 6.29. The van der Waals surface area contributed by atoms with Crippen molar-refractivity contribution in [3.8, 4) is 5.75 Å². The molecule has 0 fully saturated rings. The zero-order valence-corrected chi connectivity index (χ0v) is 11.5. The molecule has 0 aliphatic heterocycles. The van der Waals surface area contributed by atoms with Crippen molar-refractivity contribution in [2.24, 2.45) is 0 Å². The van der Waals surface area contributed by atoms with Crippen molar-refractivity contribution in [3.05, 3.63) is 41.3 Å². The Labute approximate surface area is 115 Å². The van der Waals surface area contributed by atoms with E-state index in [0.29, 0.717) is 11.2 Å². The average Bonchev–Trinajstić information content (AvgIpc) is 2.88. The number of hydrogen-bond donors (Lipinski definition) is 2. The molecule has 2 N–H and O–H groups in total. The molecule has 18 heavy (non-hydrogen) atoms. The maximum Gasteiger partial charge on any atom is 0.488 e. The van der Waals surface area contributed by atoms with E-state index >= 15 is 0 Å². The van der Waals surface area contributed by atoms with E-state index < -0.39 is 7.12 Å². The molecule has 2 rings (SSSR count). The lowest BCUT2D eigenvalue weighted by Crippen LogP contribution is -2.32. The summed E-state index contributed by atoms with van der Waals surface area (Å²) in [4.78, 5) is 0. The van der Waals surface area contributed by atoms with Gasteiger partial charge in [-0.2, -0.15) is 0 Å². The molecule has 1 aromatic carbocycles. The fourth-order valence-electron chi connectivity index (χ4n) is 1.58. The minimum Gasteiger partial charge on any atom is -0.497 e. The molecule has 0 radical (unpaired) electrons. The fourth-order valence-corrected chi connectivity index (χ4v) is 3.37. The Kier molecular flexibility index (Phi) is 4.71. The zero-order valence-electron chi connectivity index (χ0n) is 9.87. The number of rotatable bonds is 5. The minimum atomic E-state index is -1.45. The van der Waals surface area contributed by atoms with E-state index in [0.717, 1.165) is 11.3 Å². The van der Waals surface area contributed by atoms with Gasteiger partial charge in [0.2, 0.25) is 0 Å². The molecule has 1 heterocycles. The van der Waals surface area contributed by atoms with Gasteiger partial charge in [0.1, 0.15) is 5.75 Å². The topological polar surface area (TPSA) is 49.7 Å². The Morgan fingerprint density at radius 2 is 2.17 bits per heavy atom. The van der Waals surface area contributed by atoms with Crippen LogP contribution in [0.1, 0.15) is 5.56 Å². The van der Waals surface area contributed by atoms with Gasteiger partial charge in [-0.05, 0) is 34.6 Å². The molecule has 1 aromatic heterocycles. The van der Waals surface area contributed by atoms with Gasteiger partial charge in [-0.3, -0.25) is 0 Å². The van der Waals surface area contributed by atoms with Gasteiger partial charge in [-0.1, -0.05) is 12.1 Å². The highest BCUT2D eigenvalue weighted by Gasteiger charge is 2.16.